The average Bonchev–Trinajstić information content (AvgIpc) is 2.27. The fourth-order valence-corrected chi connectivity index (χ4v) is 3.47. The van der Waals surface area contributed by atoms with Gasteiger partial charge >= 0.3 is 0 Å². The number of aromatic nitrogens is 2. The van der Waals surface area contributed by atoms with E-state index >= 15 is 0 Å². The summed E-state index contributed by atoms with van der Waals surface area (Å²) in [6, 6.07) is 0. The molecule has 1 aliphatic rings. The third-order valence-electron chi connectivity index (χ3n) is 2.96. The maximum Gasteiger partial charge on any atom is 0.154 e. The molecule has 0 aromatic carbocycles. The number of likely N-dealkylation sites (N-methyl/N-ethyl adjacent to an activating group) is 1. The van der Waals surface area contributed by atoms with Crippen molar-refractivity contribution in [3.05, 3.63) is 22.8 Å². The largest absolute Gasteiger partial charge is 0.319 e. The van der Waals surface area contributed by atoms with Crippen molar-refractivity contribution in [3.63, 3.8) is 0 Å². The zero-order chi connectivity index (χ0) is 12.5. The van der Waals surface area contributed by atoms with Gasteiger partial charge in [-0.3, -0.25) is 0 Å². The zero-order valence-corrected chi connectivity index (χ0v) is 11.0. The monoisotopic (exact) mass is 255 g/mol. The van der Waals surface area contributed by atoms with E-state index < -0.39 is 9.84 Å². The van der Waals surface area contributed by atoms with E-state index in [1.54, 1.807) is 0 Å². The Bertz CT molecular complexity index is 526. The van der Waals surface area contributed by atoms with Gasteiger partial charge in [-0.2, -0.15) is 0 Å². The van der Waals surface area contributed by atoms with Gasteiger partial charge in [0, 0.05) is 36.3 Å². The minimum atomic E-state index is -2.94. The molecule has 0 aliphatic carbocycles. The van der Waals surface area contributed by atoms with Gasteiger partial charge in [-0.25, -0.2) is 18.4 Å². The summed E-state index contributed by atoms with van der Waals surface area (Å²) in [6.45, 7) is 2.70. The van der Waals surface area contributed by atoms with Gasteiger partial charge in [-0.1, -0.05) is 0 Å². The summed E-state index contributed by atoms with van der Waals surface area (Å²) in [7, 11) is -1.05. The number of nitrogens with one attached hydrogen (secondary N) is 1. The fraction of sp³-hybridized carbons (Fsp3) is 0.636. The van der Waals surface area contributed by atoms with E-state index in [-0.39, 0.29) is 11.5 Å². The van der Waals surface area contributed by atoms with Crippen molar-refractivity contribution in [3.8, 4) is 0 Å². The van der Waals surface area contributed by atoms with Crippen LogP contribution in [0.15, 0.2) is 0 Å². The van der Waals surface area contributed by atoms with Crippen LogP contribution < -0.4 is 5.32 Å². The molecule has 2 heterocycles. The van der Waals surface area contributed by atoms with Crippen molar-refractivity contribution in [2.24, 2.45) is 0 Å². The van der Waals surface area contributed by atoms with Gasteiger partial charge in [-0.15, -0.1) is 0 Å². The lowest BCUT2D eigenvalue weighted by atomic mass is 10.1. The summed E-state index contributed by atoms with van der Waals surface area (Å²) < 4.78 is 23.1. The number of hydrogen-bond donors (Lipinski definition) is 1. The van der Waals surface area contributed by atoms with Gasteiger partial charge in [0.25, 0.3) is 0 Å². The first-order valence-corrected chi connectivity index (χ1v) is 7.54. The molecule has 0 unspecified atom stereocenters. The van der Waals surface area contributed by atoms with Crippen LogP contribution in [-0.4, -0.2) is 37.7 Å². The van der Waals surface area contributed by atoms with E-state index in [1.807, 2.05) is 14.0 Å². The molecule has 1 N–H and O–H groups in total. The van der Waals surface area contributed by atoms with Crippen LogP contribution in [0.4, 0.5) is 0 Å². The Morgan fingerprint density at radius 3 is 2.82 bits per heavy atom. The van der Waals surface area contributed by atoms with Crippen LogP contribution in [0.3, 0.4) is 0 Å². The lowest BCUT2D eigenvalue weighted by Gasteiger charge is -2.18. The number of aryl methyl sites for hydroxylation is 2. The number of hydrogen-bond acceptors (Lipinski definition) is 5. The first-order chi connectivity index (χ1) is 8.02. The van der Waals surface area contributed by atoms with Crippen molar-refractivity contribution >= 4 is 9.84 Å². The van der Waals surface area contributed by atoms with Crippen LogP contribution >= 0.6 is 0 Å². The third-order valence-corrected chi connectivity index (χ3v) is 4.51. The predicted octanol–water partition coefficient (Wildman–Crippen LogP) is 0.0178. The second-order valence-corrected chi connectivity index (χ2v) is 6.53. The van der Waals surface area contributed by atoms with Crippen LogP contribution in [0.25, 0.3) is 0 Å². The second kappa shape index (κ2) is 4.70. The summed E-state index contributed by atoms with van der Waals surface area (Å²) in [4.78, 5) is 8.84. The minimum Gasteiger partial charge on any atom is -0.319 e. The highest BCUT2D eigenvalue weighted by atomic mass is 32.2. The summed E-state index contributed by atoms with van der Waals surface area (Å²) in [5, 5.41) is 3.05. The number of nitrogens with zero attached hydrogens (tertiary/aromatic N) is 2. The summed E-state index contributed by atoms with van der Waals surface area (Å²) in [5.74, 6) is 1.11. The van der Waals surface area contributed by atoms with Gasteiger partial charge in [0.1, 0.15) is 5.82 Å². The van der Waals surface area contributed by atoms with Gasteiger partial charge < -0.3 is 5.32 Å². The molecule has 0 bridgehead atoms. The third kappa shape index (κ3) is 2.81. The molecule has 2 rings (SSSR count). The maximum absolute atomic E-state index is 11.6. The highest BCUT2D eigenvalue weighted by molar-refractivity contribution is 7.90. The van der Waals surface area contributed by atoms with E-state index in [9.17, 15) is 8.42 Å². The lowest BCUT2D eigenvalue weighted by molar-refractivity contribution is 0.589. The number of rotatable bonds is 3. The Balaban J connectivity index is 2.33. The molecule has 1 aromatic rings. The van der Waals surface area contributed by atoms with E-state index in [0.717, 1.165) is 35.7 Å². The quantitative estimate of drug-likeness (QED) is 0.824. The Morgan fingerprint density at radius 2 is 2.12 bits per heavy atom. The van der Waals surface area contributed by atoms with Gasteiger partial charge in [-0.05, 0) is 14.0 Å². The first-order valence-electron chi connectivity index (χ1n) is 5.72. The van der Waals surface area contributed by atoms with E-state index in [2.05, 4.69) is 15.3 Å². The Labute approximate surface area is 102 Å². The molecule has 0 saturated heterocycles. The van der Waals surface area contributed by atoms with Gasteiger partial charge in [0.15, 0.2) is 9.84 Å². The summed E-state index contributed by atoms with van der Waals surface area (Å²) >= 11 is 0. The highest BCUT2D eigenvalue weighted by Crippen LogP contribution is 2.21. The predicted molar refractivity (Wildman–Crippen MR) is 65.6 cm³/mol. The zero-order valence-electron chi connectivity index (χ0n) is 10.2. The number of sulfone groups is 1. The molecular weight excluding hydrogens is 238 g/mol. The van der Waals surface area contributed by atoms with Crippen LogP contribution in [0, 0.1) is 6.92 Å². The molecule has 0 saturated carbocycles. The molecule has 94 valence electrons. The number of fused-ring (bicyclic) bond motifs is 1. The van der Waals surface area contributed by atoms with Crippen molar-refractivity contribution in [1.82, 2.24) is 15.3 Å². The minimum absolute atomic E-state index is 0.0977. The van der Waals surface area contributed by atoms with E-state index in [1.165, 1.54) is 0 Å². The van der Waals surface area contributed by atoms with Crippen molar-refractivity contribution in [1.29, 1.82) is 0 Å². The SMILES string of the molecule is CNCCc1nc(C)c2c(n1)CCS(=O)(=O)C2. The Hall–Kier alpha value is -1.01. The molecule has 6 heteroatoms. The Morgan fingerprint density at radius 1 is 1.35 bits per heavy atom. The molecule has 5 nitrogen and oxygen atoms in total. The molecule has 0 radical (unpaired) electrons. The van der Waals surface area contributed by atoms with Crippen molar-refractivity contribution in [2.75, 3.05) is 19.3 Å². The van der Waals surface area contributed by atoms with Crippen molar-refractivity contribution in [2.45, 2.75) is 25.5 Å². The first kappa shape index (κ1) is 12.4. The van der Waals surface area contributed by atoms with Crippen LogP contribution in [0.2, 0.25) is 0 Å². The molecule has 0 spiro atoms. The molecule has 0 fully saturated rings. The van der Waals surface area contributed by atoms with Gasteiger partial charge in [0.05, 0.1) is 11.5 Å². The smallest absolute Gasteiger partial charge is 0.154 e. The second-order valence-electron chi connectivity index (χ2n) is 4.35. The summed E-state index contributed by atoms with van der Waals surface area (Å²) in [6.07, 6.45) is 1.30. The van der Waals surface area contributed by atoms with E-state index in [4.69, 9.17) is 0 Å². The molecule has 0 atom stereocenters. The maximum atomic E-state index is 11.6. The average molecular weight is 255 g/mol. The topological polar surface area (TPSA) is 72.0 Å². The molecule has 0 amide bonds. The molecular formula is C11H17N3O2S. The van der Waals surface area contributed by atoms with Crippen molar-refractivity contribution < 1.29 is 8.42 Å². The van der Waals surface area contributed by atoms with E-state index in [0.29, 0.717) is 6.42 Å². The standard InChI is InChI=1S/C11H17N3O2S/c1-8-9-7-17(15,16)6-4-10(9)14-11(13-8)3-5-12-2/h12H,3-7H2,1-2H3. The molecule has 1 aliphatic heterocycles. The van der Waals surface area contributed by atoms with Crippen LogP contribution in [-0.2, 0) is 28.4 Å². The fourth-order valence-electron chi connectivity index (χ4n) is 2.01. The highest BCUT2D eigenvalue weighted by Gasteiger charge is 2.24. The normalized spacial score (nSPS) is 17.8. The van der Waals surface area contributed by atoms with Crippen LogP contribution in [0.1, 0.15) is 22.8 Å². The molecule has 17 heavy (non-hydrogen) atoms. The lowest BCUT2D eigenvalue weighted by Crippen LogP contribution is -2.23. The summed E-state index contributed by atoms with van der Waals surface area (Å²) in [5.41, 5.74) is 2.53. The van der Waals surface area contributed by atoms with Crippen LogP contribution in [0.5, 0.6) is 0 Å². The molecule has 1 aromatic heterocycles. The Kier molecular flexibility index (Phi) is 3.44. The van der Waals surface area contributed by atoms with Gasteiger partial charge in [0.2, 0.25) is 0 Å².